The van der Waals surface area contributed by atoms with Crippen LogP contribution in [-0.4, -0.2) is 9.91 Å². The normalized spacial score (nSPS) is 11.4. The lowest BCUT2D eigenvalue weighted by Crippen LogP contribution is -2.06. The maximum Gasteiger partial charge on any atom is 0.416 e. The third kappa shape index (κ3) is 3.38. The number of hydrogen-bond acceptors (Lipinski definition) is 3. The van der Waals surface area contributed by atoms with Gasteiger partial charge in [-0.2, -0.15) is 13.2 Å². The molecule has 0 fully saturated rings. The van der Waals surface area contributed by atoms with Crippen molar-refractivity contribution >= 4 is 21.6 Å². The van der Waals surface area contributed by atoms with Crippen LogP contribution >= 0.6 is 15.9 Å². The number of pyridine rings is 1. The number of nitro groups is 1. The lowest BCUT2D eigenvalue weighted by Gasteiger charge is -2.08. The maximum absolute atomic E-state index is 12.6. The van der Waals surface area contributed by atoms with Crippen LogP contribution in [-0.2, 0) is 11.5 Å². The number of nitrogens with zero attached hydrogens (tertiary/aromatic N) is 2. The lowest BCUT2D eigenvalue weighted by molar-refractivity contribution is -0.384. The van der Waals surface area contributed by atoms with Gasteiger partial charge >= 0.3 is 6.18 Å². The first-order valence-corrected chi connectivity index (χ1v) is 6.82. The lowest BCUT2D eigenvalue weighted by atomic mass is 10.0. The minimum atomic E-state index is -4.63. The van der Waals surface area contributed by atoms with Gasteiger partial charge in [0, 0.05) is 17.6 Å². The van der Waals surface area contributed by atoms with Crippen molar-refractivity contribution in [3.05, 3.63) is 57.8 Å². The highest BCUT2D eigenvalue weighted by atomic mass is 79.9. The number of rotatable bonds is 3. The Kier molecular flexibility index (Phi) is 4.26. The second kappa shape index (κ2) is 5.80. The number of nitro benzene ring substituents is 1. The Balaban J connectivity index is 2.54. The van der Waals surface area contributed by atoms with E-state index in [4.69, 9.17) is 0 Å². The standard InChI is InChI=1S/C13H8BrF3N2O2/c14-6-8-1-4-11(18-7-8)10-3-2-9(13(15,16)17)5-12(10)19(20)21/h1-5,7H,6H2. The van der Waals surface area contributed by atoms with Gasteiger partial charge in [0.1, 0.15) is 0 Å². The summed E-state index contributed by atoms with van der Waals surface area (Å²) in [7, 11) is 0. The van der Waals surface area contributed by atoms with Crippen LogP contribution in [0.3, 0.4) is 0 Å². The van der Waals surface area contributed by atoms with Gasteiger partial charge in [-0.25, -0.2) is 0 Å². The molecule has 0 bridgehead atoms. The van der Waals surface area contributed by atoms with Crippen LogP contribution < -0.4 is 0 Å². The minimum Gasteiger partial charge on any atom is -0.258 e. The molecule has 0 atom stereocenters. The highest BCUT2D eigenvalue weighted by molar-refractivity contribution is 9.08. The van der Waals surface area contributed by atoms with Gasteiger partial charge in [0.2, 0.25) is 0 Å². The van der Waals surface area contributed by atoms with Crippen molar-refractivity contribution in [2.45, 2.75) is 11.5 Å². The summed E-state index contributed by atoms with van der Waals surface area (Å²) >= 11 is 3.23. The van der Waals surface area contributed by atoms with Gasteiger partial charge in [-0.05, 0) is 23.8 Å². The molecule has 4 nitrogen and oxygen atoms in total. The van der Waals surface area contributed by atoms with E-state index in [2.05, 4.69) is 20.9 Å². The van der Waals surface area contributed by atoms with Crippen molar-refractivity contribution in [3.63, 3.8) is 0 Å². The molecule has 1 heterocycles. The summed E-state index contributed by atoms with van der Waals surface area (Å²) in [6.07, 6.45) is -3.12. The van der Waals surface area contributed by atoms with Crippen molar-refractivity contribution in [2.24, 2.45) is 0 Å². The molecular formula is C13H8BrF3N2O2. The molecule has 0 aliphatic rings. The molecule has 110 valence electrons. The number of halogens is 4. The summed E-state index contributed by atoms with van der Waals surface area (Å²) in [5.74, 6) is 0. The second-order valence-electron chi connectivity index (χ2n) is 4.17. The molecule has 0 radical (unpaired) electrons. The average Bonchev–Trinajstić information content (AvgIpc) is 2.45. The Labute approximate surface area is 125 Å². The average molecular weight is 361 g/mol. The van der Waals surface area contributed by atoms with Gasteiger partial charge < -0.3 is 0 Å². The van der Waals surface area contributed by atoms with E-state index in [1.165, 1.54) is 12.3 Å². The molecular weight excluding hydrogens is 353 g/mol. The van der Waals surface area contributed by atoms with E-state index in [-0.39, 0.29) is 11.3 Å². The molecule has 0 unspecified atom stereocenters. The number of benzene rings is 1. The SMILES string of the molecule is O=[N+]([O-])c1cc(C(F)(F)F)ccc1-c1ccc(CBr)cn1. The van der Waals surface area contributed by atoms with Gasteiger partial charge in [-0.3, -0.25) is 15.1 Å². The third-order valence-electron chi connectivity index (χ3n) is 2.78. The molecule has 0 saturated heterocycles. The second-order valence-corrected chi connectivity index (χ2v) is 4.73. The van der Waals surface area contributed by atoms with Crippen LogP contribution in [0.4, 0.5) is 18.9 Å². The molecule has 0 aliphatic heterocycles. The van der Waals surface area contributed by atoms with Crippen LogP contribution in [0.15, 0.2) is 36.5 Å². The zero-order valence-corrected chi connectivity index (χ0v) is 12.0. The molecule has 1 aromatic heterocycles. The fourth-order valence-electron chi connectivity index (χ4n) is 1.74. The molecule has 0 aliphatic carbocycles. The van der Waals surface area contributed by atoms with E-state index in [1.807, 2.05) is 0 Å². The zero-order chi connectivity index (χ0) is 15.6. The summed E-state index contributed by atoms with van der Waals surface area (Å²) < 4.78 is 37.9. The van der Waals surface area contributed by atoms with E-state index in [1.54, 1.807) is 6.07 Å². The van der Waals surface area contributed by atoms with Gasteiger partial charge in [-0.1, -0.05) is 22.0 Å². The van der Waals surface area contributed by atoms with E-state index in [0.29, 0.717) is 11.4 Å². The van der Waals surface area contributed by atoms with Crippen molar-refractivity contribution in [1.82, 2.24) is 4.98 Å². The molecule has 1 aromatic carbocycles. The van der Waals surface area contributed by atoms with Gasteiger partial charge in [0.05, 0.1) is 21.7 Å². The molecule has 21 heavy (non-hydrogen) atoms. The molecule has 0 saturated carbocycles. The third-order valence-corrected chi connectivity index (χ3v) is 3.42. The van der Waals surface area contributed by atoms with Crippen molar-refractivity contribution in [2.75, 3.05) is 0 Å². The van der Waals surface area contributed by atoms with Crippen LogP contribution in [0.2, 0.25) is 0 Å². The predicted molar refractivity (Wildman–Crippen MR) is 74.0 cm³/mol. The minimum absolute atomic E-state index is 0.0501. The molecule has 2 rings (SSSR count). The number of aromatic nitrogens is 1. The Morgan fingerprint density at radius 2 is 1.95 bits per heavy atom. The smallest absolute Gasteiger partial charge is 0.258 e. The number of hydrogen-bond donors (Lipinski definition) is 0. The highest BCUT2D eigenvalue weighted by Gasteiger charge is 2.33. The van der Waals surface area contributed by atoms with Gasteiger partial charge in [0.25, 0.3) is 5.69 Å². The summed E-state index contributed by atoms with van der Waals surface area (Å²) in [5.41, 5.74) is -0.526. The first kappa shape index (κ1) is 15.4. The summed E-state index contributed by atoms with van der Waals surface area (Å²) in [6.45, 7) is 0. The Morgan fingerprint density at radius 3 is 2.43 bits per heavy atom. The van der Waals surface area contributed by atoms with Crippen molar-refractivity contribution < 1.29 is 18.1 Å². The Bertz CT molecular complexity index is 672. The van der Waals surface area contributed by atoms with Crippen LogP contribution in [0, 0.1) is 10.1 Å². The predicted octanol–water partition coefficient (Wildman–Crippen LogP) is 4.57. The summed E-state index contributed by atoms with van der Waals surface area (Å²) in [6, 6.07) is 5.62. The fraction of sp³-hybridized carbons (Fsp3) is 0.154. The van der Waals surface area contributed by atoms with E-state index in [9.17, 15) is 23.3 Å². The summed E-state index contributed by atoms with van der Waals surface area (Å²) in [4.78, 5) is 14.2. The zero-order valence-electron chi connectivity index (χ0n) is 10.4. The Morgan fingerprint density at radius 1 is 1.24 bits per heavy atom. The monoisotopic (exact) mass is 360 g/mol. The fourth-order valence-corrected chi connectivity index (χ4v) is 2.07. The maximum atomic E-state index is 12.6. The molecule has 2 aromatic rings. The molecule has 0 N–H and O–H groups in total. The molecule has 0 spiro atoms. The largest absolute Gasteiger partial charge is 0.416 e. The van der Waals surface area contributed by atoms with Gasteiger partial charge in [-0.15, -0.1) is 0 Å². The molecule has 8 heteroatoms. The van der Waals surface area contributed by atoms with Crippen LogP contribution in [0.1, 0.15) is 11.1 Å². The van der Waals surface area contributed by atoms with Crippen LogP contribution in [0.5, 0.6) is 0 Å². The van der Waals surface area contributed by atoms with Gasteiger partial charge in [0.15, 0.2) is 0 Å². The number of alkyl halides is 4. The van der Waals surface area contributed by atoms with E-state index in [0.717, 1.165) is 17.7 Å². The summed E-state index contributed by atoms with van der Waals surface area (Å²) in [5, 5.41) is 11.6. The molecule has 0 amide bonds. The topological polar surface area (TPSA) is 56.0 Å². The highest BCUT2D eigenvalue weighted by Crippen LogP contribution is 2.36. The first-order valence-electron chi connectivity index (χ1n) is 5.70. The van der Waals surface area contributed by atoms with E-state index >= 15 is 0 Å². The van der Waals surface area contributed by atoms with Crippen molar-refractivity contribution in [3.8, 4) is 11.3 Å². The van der Waals surface area contributed by atoms with Crippen LogP contribution in [0.25, 0.3) is 11.3 Å². The van der Waals surface area contributed by atoms with E-state index < -0.39 is 22.4 Å². The first-order chi connectivity index (χ1) is 9.82. The Hall–Kier alpha value is -1.96. The van der Waals surface area contributed by atoms with Crippen molar-refractivity contribution in [1.29, 1.82) is 0 Å². The quantitative estimate of drug-likeness (QED) is 0.457.